The van der Waals surface area contributed by atoms with E-state index in [0.717, 1.165) is 12.1 Å². The average Bonchev–Trinajstić information content (AvgIpc) is 2.44. The van der Waals surface area contributed by atoms with Crippen LogP contribution in [0.5, 0.6) is 11.5 Å². The standard InChI is InChI=1S/C15H14F2O3S/c1-2-21(18,19)10-11-3-6-13(7-4-11)20-15-8-5-12(16)9-14(15)17/h3-9H,2,10H2,1H3. The molecule has 0 aliphatic rings. The molecule has 0 atom stereocenters. The van der Waals surface area contributed by atoms with Crippen LogP contribution < -0.4 is 4.74 Å². The van der Waals surface area contributed by atoms with Gasteiger partial charge in [-0.05, 0) is 29.8 Å². The molecule has 21 heavy (non-hydrogen) atoms. The molecule has 2 aromatic carbocycles. The summed E-state index contributed by atoms with van der Waals surface area (Å²) in [4.78, 5) is 0. The van der Waals surface area contributed by atoms with Crippen LogP contribution in [0, 0.1) is 11.6 Å². The predicted molar refractivity (Wildman–Crippen MR) is 76.0 cm³/mol. The number of sulfone groups is 1. The molecule has 0 spiro atoms. The third-order valence-electron chi connectivity index (χ3n) is 2.87. The Morgan fingerprint density at radius 3 is 2.29 bits per heavy atom. The van der Waals surface area contributed by atoms with Crippen molar-refractivity contribution in [2.24, 2.45) is 0 Å². The van der Waals surface area contributed by atoms with Crippen molar-refractivity contribution >= 4 is 9.84 Å². The molecule has 0 saturated heterocycles. The van der Waals surface area contributed by atoms with Crippen LogP contribution in [0.25, 0.3) is 0 Å². The van der Waals surface area contributed by atoms with E-state index in [2.05, 4.69) is 0 Å². The van der Waals surface area contributed by atoms with Gasteiger partial charge in [0.15, 0.2) is 21.4 Å². The molecule has 6 heteroatoms. The van der Waals surface area contributed by atoms with Crippen molar-refractivity contribution in [2.75, 3.05) is 5.75 Å². The van der Waals surface area contributed by atoms with E-state index in [1.54, 1.807) is 31.2 Å². The summed E-state index contributed by atoms with van der Waals surface area (Å²) in [5.41, 5.74) is 0.628. The van der Waals surface area contributed by atoms with Gasteiger partial charge in [-0.1, -0.05) is 19.1 Å². The Labute approximate surface area is 122 Å². The summed E-state index contributed by atoms with van der Waals surface area (Å²) in [6.07, 6.45) is 0. The van der Waals surface area contributed by atoms with Crippen LogP contribution in [-0.4, -0.2) is 14.2 Å². The maximum absolute atomic E-state index is 13.4. The maximum atomic E-state index is 13.4. The van der Waals surface area contributed by atoms with E-state index in [1.807, 2.05) is 0 Å². The molecule has 2 aromatic rings. The van der Waals surface area contributed by atoms with Gasteiger partial charge in [-0.2, -0.15) is 0 Å². The van der Waals surface area contributed by atoms with Crippen LogP contribution in [-0.2, 0) is 15.6 Å². The third-order valence-corrected chi connectivity index (χ3v) is 4.52. The largest absolute Gasteiger partial charge is 0.454 e. The van der Waals surface area contributed by atoms with Gasteiger partial charge in [0.05, 0.1) is 5.75 Å². The zero-order valence-electron chi connectivity index (χ0n) is 11.3. The second-order valence-electron chi connectivity index (χ2n) is 4.50. The normalized spacial score (nSPS) is 11.4. The first-order valence-electron chi connectivity index (χ1n) is 6.32. The zero-order chi connectivity index (χ0) is 15.5. The van der Waals surface area contributed by atoms with E-state index < -0.39 is 21.5 Å². The van der Waals surface area contributed by atoms with Gasteiger partial charge in [-0.25, -0.2) is 17.2 Å². The molecule has 0 heterocycles. The first-order valence-corrected chi connectivity index (χ1v) is 8.14. The van der Waals surface area contributed by atoms with E-state index >= 15 is 0 Å². The molecule has 112 valence electrons. The molecule has 0 saturated carbocycles. The van der Waals surface area contributed by atoms with Crippen LogP contribution in [0.15, 0.2) is 42.5 Å². The van der Waals surface area contributed by atoms with Crippen LogP contribution in [0.3, 0.4) is 0 Å². The van der Waals surface area contributed by atoms with Crippen LogP contribution in [0.4, 0.5) is 8.78 Å². The fourth-order valence-electron chi connectivity index (χ4n) is 1.69. The molecule has 0 fully saturated rings. The van der Waals surface area contributed by atoms with Gasteiger partial charge >= 0.3 is 0 Å². The Morgan fingerprint density at radius 1 is 1.05 bits per heavy atom. The summed E-state index contributed by atoms with van der Waals surface area (Å²) in [7, 11) is -3.10. The van der Waals surface area contributed by atoms with Gasteiger partial charge in [0, 0.05) is 11.8 Å². The number of rotatable bonds is 5. The highest BCUT2D eigenvalue weighted by molar-refractivity contribution is 7.90. The smallest absolute Gasteiger partial charge is 0.168 e. The first kappa shape index (κ1) is 15.4. The first-order chi connectivity index (χ1) is 9.89. The van der Waals surface area contributed by atoms with Crippen LogP contribution in [0.1, 0.15) is 12.5 Å². The third kappa shape index (κ3) is 4.26. The second kappa shape index (κ2) is 6.22. The number of benzene rings is 2. The number of hydrogen-bond donors (Lipinski definition) is 0. The van der Waals surface area contributed by atoms with Gasteiger partial charge in [0.1, 0.15) is 11.6 Å². The Balaban J connectivity index is 2.12. The molecule has 3 nitrogen and oxygen atoms in total. The minimum Gasteiger partial charge on any atom is -0.454 e. The lowest BCUT2D eigenvalue weighted by Gasteiger charge is -2.08. The quantitative estimate of drug-likeness (QED) is 0.845. The number of hydrogen-bond acceptors (Lipinski definition) is 3. The van der Waals surface area contributed by atoms with Crippen LogP contribution in [0.2, 0.25) is 0 Å². The lowest BCUT2D eigenvalue weighted by Crippen LogP contribution is -2.06. The fourth-order valence-corrected chi connectivity index (χ4v) is 2.60. The molecule has 0 aliphatic heterocycles. The molecule has 0 unspecified atom stereocenters. The van der Waals surface area contributed by atoms with Crippen molar-refractivity contribution in [1.82, 2.24) is 0 Å². The highest BCUT2D eigenvalue weighted by Gasteiger charge is 2.10. The molecule has 0 aliphatic carbocycles. The summed E-state index contributed by atoms with van der Waals surface area (Å²) in [6.45, 7) is 1.59. The van der Waals surface area contributed by atoms with E-state index in [1.165, 1.54) is 6.07 Å². The molecular weight excluding hydrogens is 298 g/mol. The van der Waals surface area contributed by atoms with E-state index in [9.17, 15) is 17.2 Å². The topological polar surface area (TPSA) is 43.4 Å². The fraction of sp³-hybridized carbons (Fsp3) is 0.200. The summed E-state index contributed by atoms with van der Waals surface area (Å²) >= 11 is 0. The van der Waals surface area contributed by atoms with Crippen molar-refractivity contribution in [2.45, 2.75) is 12.7 Å². The van der Waals surface area contributed by atoms with Crippen molar-refractivity contribution in [3.8, 4) is 11.5 Å². The molecule has 0 radical (unpaired) electrons. The van der Waals surface area contributed by atoms with E-state index in [-0.39, 0.29) is 17.3 Å². The maximum Gasteiger partial charge on any atom is 0.168 e. The van der Waals surface area contributed by atoms with Gasteiger partial charge in [-0.15, -0.1) is 0 Å². The second-order valence-corrected chi connectivity index (χ2v) is 6.85. The van der Waals surface area contributed by atoms with Gasteiger partial charge in [0.25, 0.3) is 0 Å². The highest BCUT2D eigenvalue weighted by Crippen LogP contribution is 2.25. The van der Waals surface area contributed by atoms with E-state index in [4.69, 9.17) is 4.74 Å². The molecule has 0 bridgehead atoms. The van der Waals surface area contributed by atoms with Crippen molar-refractivity contribution in [3.63, 3.8) is 0 Å². The Kier molecular flexibility index (Phi) is 4.57. The lowest BCUT2D eigenvalue weighted by molar-refractivity contribution is 0.437. The van der Waals surface area contributed by atoms with Gasteiger partial charge in [0.2, 0.25) is 0 Å². The Bertz CT molecular complexity index is 725. The van der Waals surface area contributed by atoms with Crippen molar-refractivity contribution < 1.29 is 21.9 Å². The monoisotopic (exact) mass is 312 g/mol. The molecule has 0 N–H and O–H groups in total. The number of ether oxygens (including phenoxy) is 1. The molecule has 0 amide bonds. The van der Waals surface area contributed by atoms with Crippen molar-refractivity contribution in [1.29, 1.82) is 0 Å². The summed E-state index contributed by atoms with van der Waals surface area (Å²) < 4.78 is 54.5. The average molecular weight is 312 g/mol. The molecule has 0 aromatic heterocycles. The minimum absolute atomic E-state index is 0.0469. The Hall–Kier alpha value is -1.95. The van der Waals surface area contributed by atoms with E-state index in [0.29, 0.717) is 11.3 Å². The highest BCUT2D eigenvalue weighted by atomic mass is 32.2. The minimum atomic E-state index is -3.10. The SMILES string of the molecule is CCS(=O)(=O)Cc1ccc(Oc2ccc(F)cc2F)cc1. The van der Waals surface area contributed by atoms with Crippen molar-refractivity contribution in [3.05, 3.63) is 59.7 Å². The summed E-state index contributed by atoms with van der Waals surface area (Å²) in [6, 6.07) is 9.32. The van der Waals surface area contributed by atoms with Crippen LogP contribution >= 0.6 is 0 Å². The predicted octanol–water partition coefficient (Wildman–Crippen LogP) is 3.69. The summed E-state index contributed by atoms with van der Waals surface area (Å²) in [5, 5.41) is 0. The number of halogens is 2. The molecule has 2 rings (SSSR count). The summed E-state index contributed by atoms with van der Waals surface area (Å²) in [5.74, 6) is -1.20. The van der Waals surface area contributed by atoms with Gasteiger partial charge < -0.3 is 4.74 Å². The Morgan fingerprint density at radius 2 is 1.71 bits per heavy atom. The molecular formula is C15H14F2O3S. The zero-order valence-corrected chi connectivity index (χ0v) is 12.2. The van der Waals surface area contributed by atoms with Gasteiger partial charge in [-0.3, -0.25) is 0 Å². The lowest BCUT2D eigenvalue weighted by atomic mass is 10.2.